The molecule has 4 nitrogen and oxygen atoms in total. The highest BCUT2D eigenvalue weighted by Gasteiger charge is 2.15. The number of nitrogens with one attached hydrogen (secondary N) is 1. The first kappa shape index (κ1) is 12.9. The van der Waals surface area contributed by atoms with Crippen molar-refractivity contribution in [2.45, 2.75) is 6.10 Å². The zero-order valence-corrected chi connectivity index (χ0v) is 11.1. The molecule has 1 aliphatic heterocycles. The number of morpholine rings is 1. The molecule has 2 aromatic carbocycles. The summed E-state index contributed by atoms with van der Waals surface area (Å²) in [6.45, 7) is 2.95. The highest BCUT2D eigenvalue weighted by atomic mass is 16.5. The maximum atomic E-state index is 9.14. The van der Waals surface area contributed by atoms with E-state index in [-0.39, 0.29) is 6.10 Å². The van der Waals surface area contributed by atoms with Crippen LogP contribution in [0.2, 0.25) is 0 Å². The number of rotatable bonds is 3. The molecule has 1 heterocycles. The van der Waals surface area contributed by atoms with Crippen LogP contribution in [0.1, 0.15) is 5.56 Å². The van der Waals surface area contributed by atoms with E-state index in [9.17, 15) is 0 Å². The number of ether oxygens (including phenoxy) is 2. The van der Waals surface area contributed by atoms with Gasteiger partial charge in [-0.15, -0.1) is 0 Å². The van der Waals surface area contributed by atoms with E-state index in [0.29, 0.717) is 12.2 Å². The number of fused-ring (bicyclic) bond motifs is 1. The van der Waals surface area contributed by atoms with E-state index in [1.807, 2.05) is 30.3 Å². The normalized spacial score (nSPS) is 18.6. The van der Waals surface area contributed by atoms with E-state index < -0.39 is 0 Å². The first-order valence-corrected chi connectivity index (χ1v) is 6.75. The van der Waals surface area contributed by atoms with Gasteiger partial charge >= 0.3 is 0 Å². The topological polar surface area (TPSA) is 54.3 Å². The van der Waals surface area contributed by atoms with Crippen molar-refractivity contribution < 1.29 is 9.47 Å². The van der Waals surface area contributed by atoms with Crippen molar-refractivity contribution in [3.05, 3.63) is 42.0 Å². The number of hydrogen-bond donors (Lipinski definition) is 1. The van der Waals surface area contributed by atoms with Gasteiger partial charge < -0.3 is 14.8 Å². The summed E-state index contributed by atoms with van der Waals surface area (Å²) in [6.07, 6.45) is 0.0816. The van der Waals surface area contributed by atoms with E-state index >= 15 is 0 Å². The summed E-state index contributed by atoms with van der Waals surface area (Å²) in [7, 11) is 0. The van der Waals surface area contributed by atoms with E-state index in [0.717, 1.165) is 36.2 Å². The minimum atomic E-state index is 0.0816. The molecule has 0 spiro atoms. The van der Waals surface area contributed by atoms with Crippen LogP contribution in [0.3, 0.4) is 0 Å². The zero-order chi connectivity index (χ0) is 13.8. The van der Waals surface area contributed by atoms with Crippen LogP contribution in [-0.4, -0.2) is 32.4 Å². The summed E-state index contributed by atoms with van der Waals surface area (Å²) in [5.74, 6) is 0.800. The molecule has 2 aromatic rings. The molecule has 0 radical (unpaired) electrons. The molecule has 1 fully saturated rings. The average molecular weight is 268 g/mol. The van der Waals surface area contributed by atoms with Crippen molar-refractivity contribution in [3.63, 3.8) is 0 Å². The van der Waals surface area contributed by atoms with E-state index in [2.05, 4.69) is 11.4 Å². The summed E-state index contributed by atoms with van der Waals surface area (Å²) < 4.78 is 11.5. The van der Waals surface area contributed by atoms with Crippen LogP contribution in [0.4, 0.5) is 0 Å². The second kappa shape index (κ2) is 5.91. The Hall–Kier alpha value is -2.09. The summed E-state index contributed by atoms with van der Waals surface area (Å²) in [5, 5.41) is 14.3. The highest BCUT2D eigenvalue weighted by molar-refractivity contribution is 5.92. The molecular weight excluding hydrogens is 252 g/mol. The maximum Gasteiger partial charge on any atom is 0.127 e. The molecular formula is C16H16N2O2. The maximum absolute atomic E-state index is 9.14. The number of nitriles is 1. The van der Waals surface area contributed by atoms with Crippen molar-refractivity contribution in [1.29, 1.82) is 5.26 Å². The molecule has 0 aromatic heterocycles. The van der Waals surface area contributed by atoms with Crippen LogP contribution >= 0.6 is 0 Å². The van der Waals surface area contributed by atoms with Crippen LogP contribution in [0, 0.1) is 11.3 Å². The van der Waals surface area contributed by atoms with Crippen molar-refractivity contribution in [2.24, 2.45) is 0 Å². The largest absolute Gasteiger partial charge is 0.490 e. The lowest BCUT2D eigenvalue weighted by Crippen LogP contribution is -2.41. The Balaban J connectivity index is 1.83. The van der Waals surface area contributed by atoms with E-state index in [1.165, 1.54) is 0 Å². The van der Waals surface area contributed by atoms with Gasteiger partial charge in [-0.2, -0.15) is 5.26 Å². The number of hydrogen-bond acceptors (Lipinski definition) is 4. The van der Waals surface area contributed by atoms with E-state index in [1.54, 1.807) is 6.07 Å². The van der Waals surface area contributed by atoms with Crippen LogP contribution in [-0.2, 0) is 4.74 Å². The van der Waals surface area contributed by atoms with Gasteiger partial charge in [-0.3, -0.25) is 0 Å². The molecule has 1 N–H and O–H groups in total. The summed E-state index contributed by atoms with van der Waals surface area (Å²) >= 11 is 0. The van der Waals surface area contributed by atoms with Gasteiger partial charge in [-0.25, -0.2) is 0 Å². The fourth-order valence-corrected chi connectivity index (χ4v) is 2.40. The van der Waals surface area contributed by atoms with Gasteiger partial charge in [0.05, 0.1) is 18.2 Å². The highest BCUT2D eigenvalue weighted by Crippen LogP contribution is 2.28. The Labute approximate surface area is 117 Å². The molecule has 4 heteroatoms. The van der Waals surface area contributed by atoms with Gasteiger partial charge in [0.2, 0.25) is 0 Å². The second-order valence-corrected chi connectivity index (χ2v) is 4.78. The van der Waals surface area contributed by atoms with E-state index in [4.69, 9.17) is 14.7 Å². The molecule has 0 aliphatic carbocycles. The molecule has 1 atom stereocenters. The zero-order valence-electron chi connectivity index (χ0n) is 11.1. The fraction of sp³-hybridized carbons (Fsp3) is 0.312. The number of nitrogens with zero attached hydrogens (tertiary/aromatic N) is 1. The van der Waals surface area contributed by atoms with Gasteiger partial charge in [-0.1, -0.05) is 24.3 Å². The van der Waals surface area contributed by atoms with Crippen LogP contribution in [0.25, 0.3) is 10.8 Å². The molecule has 20 heavy (non-hydrogen) atoms. The van der Waals surface area contributed by atoms with Gasteiger partial charge in [-0.05, 0) is 12.1 Å². The summed E-state index contributed by atoms with van der Waals surface area (Å²) in [4.78, 5) is 0. The predicted molar refractivity (Wildman–Crippen MR) is 76.8 cm³/mol. The Morgan fingerprint density at radius 3 is 2.85 bits per heavy atom. The van der Waals surface area contributed by atoms with Gasteiger partial charge in [0, 0.05) is 23.9 Å². The van der Waals surface area contributed by atoms with Crippen molar-refractivity contribution in [1.82, 2.24) is 5.32 Å². The third-order valence-corrected chi connectivity index (χ3v) is 3.43. The van der Waals surface area contributed by atoms with Gasteiger partial charge in [0.15, 0.2) is 0 Å². The quantitative estimate of drug-likeness (QED) is 0.926. The lowest BCUT2D eigenvalue weighted by atomic mass is 10.0. The molecule has 1 unspecified atom stereocenters. The third-order valence-electron chi connectivity index (χ3n) is 3.43. The van der Waals surface area contributed by atoms with Crippen LogP contribution < -0.4 is 10.1 Å². The third kappa shape index (κ3) is 2.60. The van der Waals surface area contributed by atoms with Gasteiger partial charge in [0.1, 0.15) is 18.5 Å². The molecule has 0 saturated carbocycles. The Morgan fingerprint density at radius 2 is 2.10 bits per heavy atom. The monoisotopic (exact) mass is 268 g/mol. The summed E-state index contributed by atoms with van der Waals surface area (Å²) in [6, 6.07) is 13.7. The molecule has 102 valence electrons. The molecule has 0 bridgehead atoms. The lowest BCUT2D eigenvalue weighted by Gasteiger charge is -2.24. The molecule has 1 aliphatic rings. The minimum absolute atomic E-state index is 0.0816. The van der Waals surface area contributed by atoms with Crippen molar-refractivity contribution in [2.75, 3.05) is 26.3 Å². The fourth-order valence-electron chi connectivity index (χ4n) is 2.40. The first-order chi connectivity index (χ1) is 9.88. The molecule has 0 amide bonds. The van der Waals surface area contributed by atoms with Crippen molar-refractivity contribution in [3.8, 4) is 11.8 Å². The average Bonchev–Trinajstić information content (AvgIpc) is 2.53. The Morgan fingerprint density at radius 1 is 1.25 bits per heavy atom. The smallest absolute Gasteiger partial charge is 0.127 e. The van der Waals surface area contributed by atoms with Crippen molar-refractivity contribution >= 4 is 10.8 Å². The molecule has 3 rings (SSSR count). The summed E-state index contributed by atoms with van der Waals surface area (Å²) in [5.41, 5.74) is 0.670. The van der Waals surface area contributed by atoms with Crippen LogP contribution in [0.15, 0.2) is 36.4 Å². The first-order valence-electron chi connectivity index (χ1n) is 6.75. The van der Waals surface area contributed by atoms with Gasteiger partial charge in [0.25, 0.3) is 0 Å². The molecule has 1 saturated heterocycles. The standard InChI is InChI=1S/C16H16N2O2/c17-9-12-5-6-16(15-4-2-1-3-14(12)15)20-11-13-10-18-7-8-19-13/h1-6,13,18H,7-8,10-11H2. The number of benzene rings is 2. The predicted octanol–water partition coefficient (Wildman–Crippen LogP) is 2.08. The minimum Gasteiger partial charge on any atom is -0.490 e. The SMILES string of the molecule is N#Cc1ccc(OCC2CNCCO2)c2ccccc12. The second-order valence-electron chi connectivity index (χ2n) is 4.78. The lowest BCUT2D eigenvalue weighted by molar-refractivity contribution is 0.000512. The Bertz CT molecular complexity index is 642. The van der Waals surface area contributed by atoms with Crippen LogP contribution in [0.5, 0.6) is 5.75 Å². The Kier molecular flexibility index (Phi) is 3.82.